The molecule has 0 amide bonds. The van der Waals surface area contributed by atoms with Crippen molar-refractivity contribution in [1.29, 1.82) is 0 Å². The van der Waals surface area contributed by atoms with Gasteiger partial charge in [-0.3, -0.25) is 4.79 Å². The van der Waals surface area contributed by atoms with Gasteiger partial charge in [-0.05, 0) is 49.6 Å². The van der Waals surface area contributed by atoms with E-state index < -0.39 is 11.2 Å². The third-order valence-corrected chi connectivity index (χ3v) is 5.63. The normalized spacial score (nSPS) is 12.1. The lowest BCUT2D eigenvalue weighted by atomic mass is 10.1. The maximum atomic E-state index is 11.1. The van der Waals surface area contributed by atoms with Gasteiger partial charge < -0.3 is 9.52 Å². The monoisotopic (exact) mass is 405 g/mol. The predicted octanol–water partition coefficient (Wildman–Crippen LogP) is 5.95. The fraction of sp³-hybridized carbons (Fsp3) is 0.158. The number of halogens is 1. The lowest BCUT2D eigenvalue weighted by Gasteiger charge is -2.03. The fourth-order valence-electron chi connectivity index (χ4n) is 2.29. The van der Waals surface area contributed by atoms with Crippen molar-refractivity contribution in [3.05, 3.63) is 53.6 Å². The van der Waals surface area contributed by atoms with Gasteiger partial charge in [-0.2, -0.15) is 0 Å². The number of carbonyl (C=O) groups is 1. The van der Waals surface area contributed by atoms with Crippen LogP contribution in [0.15, 0.2) is 63.1 Å². The number of nitrogens with zero attached hydrogens (tertiary/aromatic N) is 1. The van der Waals surface area contributed by atoms with Crippen LogP contribution < -0.4 is 0 Å². The highest BCUT2D eigenvalue weighted by Crippen LogP contribution is 2.37. The highest BCUT2D eigenvalue weighted by Gasteiger charge is 2.21. The Morgan fingerprint density at radius 1 is 1.12 bits per heavy atom. The zero-order valence-electron chi connectivity index (χ0n) is 14.1. The Kier molecular flexibility index (Phi) is 5.96. The Morgan fingerprint density at radius 3 is 2.31 bits per heavy atom. The first-order valence-electron chi connectivity index (χ1n) is 7.78. The molecule has 26 heavy (non-hydrogen) atoms. The van der Waals surface area contributed by atoms with Crippen molar-refractivity contribution in [2.24, 2.45) is 0 Å². The standard InChI is InChI=1S/C19H16ClNO3S2/c1-11(18(22)23)26-19-21-16(12-5-9-15(25-2)10-6-12)17(24-19)13-3-7-14(20)8-4-13/h3-11H,1-2H3,(H,22,23). The van der Waals surface area contributed by atoms with Gasteiger partial charge in [0.1, 0.15) is 10.9 Å². The molecule has 0 bridgehead atoms. The van der Waals surface area contributed by atoms with E-state index >= 15 is 0 Å². The minimum atomic E-state index is -0.910. The van der Waals surface area contributed by atoms with Gasteiger partial charge in [0, 0.05) is 21.0 Å². The van der Waals surface area contributed by atoms with Crippen LogP contribution in [0.5, 0.6) is 0 Å². The molecule has 0 aliphatic heterocycles. The van der Waals surface area contributed by atoms with Crippen LogP contribution in [0.2, 0.25) is 5.02 Å². The van der Waals surface area contributed by atoms with E-state index in [9.17, 15) is 4.79 Å². The highest BCUT2D eigenvalue weighted by molar-refractivity contribution is 8.00. The number of aromatic nitrogens is 1. The molecule has 4 nitrogen and oxygen atoms in total. The smallest absolute Gasteiger partial charge is 0.316 e. The maximum absolute atomic E-state index is 11.1. The molecule has 1 unspecified atom stereocenters. The van der Waals surface area contributed by atoms with Crippen LogP contribution >= 0.6 is 35.1 Å². The molecule has 2 aromatic carbocycles. The Morgan fingerprint density at radius 2 is 1.73 bits per heavy atom. The second-order valence-corrected chi connectivity index (χ2v) is 8.10. The number of benzene rings is 2. The summed E-state index contributed by atoms with van der Waals surface area (Å²) in [5, 5.41) is 9.44. The van der Waals surface area contributed by atoms with Gasteiger partial charge >= 0.3 is 5.97 Å². The zero-order chi connectivity index (χ0) is 18.7. The third-order valence-electron chi connectivity index (χ3n) is 3.70. The molecule has 1 atom stereocenters. The lowest BCUT2D eigenvalue weighted by molar-refractivity contribution is -0.136. The van der Waals surface area contributed by atoms with E-state index in [1.807, 2.05) is 42.7 Å². The molecule has 1 heterocycles. The molecule has 0 saturated carbocycles. The van der Waals surface area contributed by atoms with Crippen molar-refractivity contribution in [2.75, 3.05) is 6.26 Å². The van der Waals surface area contributed by atoms with Crippen molar-refractivity contribution < 1.29 is 14.3 Å². The number of thioether (sulfide) groups is 2. The summed E-state index contributed by atoms with van der Waals surface area (Å²) in [6.45, 7) is 1.60. The molecule has 1 aromatic heterocycles. The molecule has 0 aliphatic carbocycles. The van der Waals surface area contributed by atoms with E-state index in [0.29, 0.717) is 21.7 Å². The second-order valence-electron chi connectivity index (χ2n) is 5.49. The molecular formula is C19H16ClNO3S2. The van der Waals surface area contributed by atoms with E-state index in [2.05, 4.69) is 4.98 Å². The molecule has 0 radical (unpaired) electrons. The maximum Gasteiger partial charge on any atom is 0.316 e. The van der Waals surface area contributed by atoms with Gasteiger partial charge in [-0.15, -0.1) is 11.8 Å². The van der Waals surface area contributed by atoms with Crippen molar-refractivity contribution >= 4 is 41.1 Å². The van der Waals surface area contributed by atoms with Crippen LogP contribution in [0.1, 0.15) is 6.92 Å². The number of carboxylic acid groups (broad SMARTS) is 1. The third kappa shape index (κ3) is 4.26. The van der Waals surface area contributed by atoms with Crippen LogP contribution in [-0.4, -0.2) is 27.6 Å². The SMILES string of the molecule is CSc1ccc(-c2nc(SC(C)C(=O)O)oc2-c2ccc(Cl)cc2)cc1. The van der Waals surface area contributed by atoms with E-state index in [1.165, 1.54) is 0 Å². The van der Waals surface area contributed by atoms with E-state index in [1.54, 1.807) is 30.8 Å². The van der Waals surface area contributed by atoms with Gasteiger partial charge in [0.05, 0.1) is 0 Å². The van der Waals surface area contributed by atoms with Crippen LogP contribution in [0.3, 0.4) is 0 Å². The van der Waals surface area contributed by atoms with Crippen molar-refractivity contribution in [1.82, 2.24) is 4.98 Å². The molecule has 0 aliphatic rings. The topological polar surface area (TPSA) is 63.3 Å². The van der Waals surface area contributed by atoms with Crippen LogP contribution in [0.4, 0.5) is 0 Å². The first-order valence-corrected chi connectivity index (χ1v) is 10.3. The number of aliphatic carboxylic acids is 1. The quantitative estimate of drug-likeness (QED) is 0.511. The summed E-state index contributed by atoms with van der Waals surface area (Å²) in [5.41, 5.74) is 2.42. The van der Waals surface area contributed by atoms with Crippen LogP contribution in [0, 0.1) is 0 Å². The van der Waals surface area contributed by atoms with E-state index in [-0.39, 0.29) is 0 Å². The predicted molar refractivity (Wildman–Crippen MR) is 107 cm³/mol. The Balaban J connectivity index is 2.05. The number of hydrogen-bond donors (Lipinski definition) is 1. The number of hydrogen-bond acceptors (Lipinski definition) is 5. The molecule has 0 spiro atoms. The number of carboxylic acids is 1. The number of rotatable bonds is 6. The van der Waals surface area contributed by atoms with Crippen molar-refractivity contribution in [2.45, 2.75) is 22.3 Å². The molecular weight excluding hydrogens is 390 g/mol. The van der Waals surface area contributed by atoms with Crippen molar-refractivity contribution in [3.8, 4) is 22.6 Å². The van der Waals surface area contributed by atoms with Crippen LogP contribution in [-0.2, 0) is 4.79 Å². The highest BCUT2D eigenvalue weighted by atomic mass is 35.5. The van der Waals surface area contributed by atoms with Gasteiger partial charge in [0.15, 0.2) is 5.76 Å². The zero-order valence-corrected chi connectivity index (χ0v) is 16.5. The molecule has 7 heteroatoms. The van der Waals surface area contributed by atoms with Gasteiger partial charge in [0.25, 0.3) is 5.22 Å². The fourth-order valence-corrected chi connectivity index (χ4v) is 3.51. The Hall–Kier alpha value is -1.89. The molecule has 134 valence electrons. The Bertz CT molecular complexity index is 908. The molecule has 1 N–H and O–H groups in total. The average molecular weight is 406 g/mol. The first-order chi connectivity index (χ1) is 12.5. The minimum absolute atomic E-state index is 0.328. The summed E-state index contributed by atoms with van der Waals surface area (Å²) in [6, 6.07) is 15.3. The lowest BCUT2D eigenvalue weighted by Crippen LogP contribution is -2.10. The van der Waals surface area contributed by atoms with E-state index in [0.717, 1.165) is 27.8 Å². The summed E-state index contributed by atoms with van der Waals surface area (Å²) in [6.07, 6.45) is 2.02. The average Bonchev–Trinajstić information content (AvgIpc) is 3.06. The minimum Gasteiger partial charge on any atom is -0.480 e. The second kappa shape index (κ2) is 8.20. The summed E-state index contributed by atoms with van der Waals surface area (Å²) >= 11 is 8.72. The van der Waals surface area contributed by atoms with Gasteiger partial charge in [0.2, 0.25) is 0 Å². The molecule has 0 saturated heterocycles. The molecule has 3 rings (SSSR count). The number of oxazole rings is 1. The first kappa shape index (κ1) is 18.9. The van der Waals surface area contributed by atoms with Crippen molar-refractivity contribution in [3.63, 3.8) is 0 Å². The summed E-state index contributed by atoms with van der Waals surface area (Å²) in [4.78, 5) is 16.8. The summed E-state index contributed by atoms with van der Waals surface area (Å²) in [7, 11) is 0. The summed E-state index contributed by atoms with van der Waals surface area (Å²) < 4.78 is 5.91. The van der Waals surface area contributed by atoms with Gasteiger partial charge in [-0.25, -0.2) is 4.98 Å². The molecule has 0 fully saturated rings. The largest absolute Gasteiger partial charge is 0.480 e. The van der Waals surface area contributed by atoms with Gasteiger partial charge in [-0.1, -0.05) is 35.5 Å². The Labute approximate surface area is 165 Å². The van der Waals surface area contributed by atoms with Crippen LogP contribution in [0.25, 0.3) is 22.6 Å². The van der Waals surface area contributed by atoms with E-state index in [4.69, 9.17) is 21.1 Å². The molecule has 3 aromatic rings. The summed E-state index contributed by atoms with van der Waals surface area (Å²) in [5.74, 6) is -0.314.